The molecule has 2 aromatic rings. The van der Waals surface area contributed by atoms with Crippen molar-refractivity contribution < 1.29 is 28.1 Å². The summed E-state index contributed by atoms with van der Waals surface area (Å²) in [6.07, 6.45) is 2.03. The smallest absolute Gasteiger partial charge is 0.160 e. The zero-order valence-electron chi connectivity index (χ0n) is 17.0. The molecule has 2 rings (SSSR count). The number of aromatic hydroxyl groups is 1. The summed E-state index contributed by atoms with van der Waals surface area (Å²) in [6.45, 7) is 1.04. The summed E-state index contributed by atoms with van der Waals surface area (Å²) in [6, 6.07) is 10.4. The molecule has 160 valence electrons. The van der Waals surface area contributed by atoms with Gasteiger partial charge in [-0.1, -0.05) is 12.1 Å². The molecule has 0 fully saturated rings. The van der Waals surface area contributed by atoms with Gasteiger partial charge in [0.15, 0.2) is 21.3 Å². The first-order valence-corrected chi connectivity index (χ1v) is 11.4. The van der Waals surface area contributed by atoms with Crippen molar-refractivity contribution in [2.45, 2.75) is 24.7 Å². The highest BCUT2D eigenvalue weighted by Gasteiger charge is 2.14. The molecule has 0 radical (unpaired) electrons. The number of benzene rings is 2. The van der Waals surface area contributed by atoms with Crippen molar-refractivity contribution >= 4 is 9.84 Å². The number of hydrogen-bond acceptors (Lipinski definition) is 7. The number of methoxy groups -OCH3 is 2. The lowest BCUT2D eigenvalue weighted by molar-refractivity contribution is 0.174. The molecule has 0 spiro atoms. The minimum absolute atomic E-state index is 0.0887. The normalized spacial score (nSPS) is 12.6. The van der Waals surface area contributed by atoms with Gasteiger partial charge in [-0.25, -0.2) is 8.42 Å². The standard InChI is InChI=1S/C21H29NO6S/c1-27-20-9-6-15(11-21(20)28-2)5-4-10-22-13-19(24)16-7-8-18(23)17(12-16)14-29(3,25)26/h6-9,11-12,19,22-24H,4-5,10,13-14H2,1-3H3. The van der Waals surface area contributed by atoms with Gasteiger partial charge < -0.3 is 25.0 Å². The number of phenolic OH excluding ortho intramolecular Hbond substituents is 1. The van der Waals surface area contributed by atoms with Crippen molar-refractivity contribution in [3.8, 4) is 17.2 Å². The second-order valence-corrected chi connectivity index (χ2v) is 9.11. The van der Waals surface area contributed by atoms with Gasteiger partial charge in [0.1, 0.15) is 5.75 Å². The molecular weight excluding hydrogens is 394 g/mol. The summed E-state index contributed by atoms with van der Waals surface area (Å²) >= 11 is 0. The third-order valence-corrected chi connectivity index (χ3v) is 5.35. The maximum absolute atomic E-state index is 11.5. The van der Waals surface area contributed by atoms with E-state index in [9.17, 15) is 18.6 Å². The zero-order chi connectivity index (χ0) is 21.4. The van der Waals surface area contributed by atoms with Crippen LogP contribution in [0, 0.1) is 0 Å². The third kappa shape index (κ3) is 7.23. The van der Waals surface area contributed by atoms with Crippen LogP contribution >= 0.6 is 0 Å². The Bertz CT molecular complexity index is 913. The van der Waals surface area contributed by atoms with Crippen LogP contribution in [0.15, 0.2) is 36.4 Å². The molecule has 0 saturated heterocycles. The second kappa shape index (κ2) is 10.5. The van der Waals surface area contributed by atoms with Gasteiger partial charge in [-0.05, 0) is 54.8 Å². The van der Waals surface area contributed by atoms with Gasteiger partial charge in [-0.15, -0.1) is 0 Å². The number of phenols is 1. The molecule has 7 nitrogen and oxygen atoms in total. The number of hydrogen-bond donors (Lipinski definition) is 3. The number of nitrogens with one attached hydrogen (secondary N) is 1. The van der Waals surface area contributed by atoms with Crippen molar-refractivity contribution in [3.63, 3.8) is 0 Å². The van der Waals surface area contributed by atoms with Crippen LogP contribution in [0.25, 0.3) is 0 Å². The fourth-order valence-electron chi connectivity index (χ4n) is 3.02. The molecule has 0 saturated carbocycles. The SMILES string of the molecule is COc1ccc(CCCNCC(O)c2ccc(O)c(CS(C)(=O)=O)c2)cc1OC. The monoisotopic (exact) mass is 423 g/mol. The Labute approximate surface area is 172 Å². The second-order valence-electron chi connectivity index (χ2n) is 6.97. The molecule has 1 atom stereocenters. The van der Waals surface area contributed by atoms with E-state index in [0.717, 1.165) is 24.7 Å². The van der Waals surface area contributed by atoms with Gasteiger partial charge in [0.05, 0.1) is 26.1 Å². The molecule has 3 N–H and O–H groups in total. The molecule has 2 aromatic carbocycles. The van der Waals surface area contributed by atoms with Crippen molar-refractivity contribution in [3.05, 3.63) is 53.1 Å². The highest BCUT2D eigenvalue weighted by atomic mass is 32.2. The Kier molecular flexibility index (Phi) is 8.31. The van der Waals surface area contributed by atoms with E-state index in [4.69, 9.17) is 9.47 Å². The molecule has 0 amide bonds. The van der Waals surface area contributed by atoms with E-state index in [0.29, 0.717) is 30.2 Å². The number of ether oxygens (including phenoxy) is 2. The highest BCUT2D eigenvalue weighted by Crippen LogP contribution is 2.28. The highest BCUT2D eigenvalue weighted by molar-refractivity contribution is 7.89. The van der Waals surface area contributed by atoms with E-state index < -0.39 is 15.9 Å². The van der Waals surface area contributed by atoms with Gasteiger partial charge in [-0.2, -0.15) is 0 Å². The van der Waals surface area contributed by atoms with E-state index in [1.807, 2.05) is 18.2 Å². The first kappa shape index (κ1) is 23.0. The van der Waals surface area contributed by atoms with Gasteiger partial charge in [-0.3, -0.25) is 0 Å². The summed E-state index contributed by atoms with van der Waals surface area (Å²) in [7, 11) is -0.0679. The van der Waals surface area contributed by atoms with Crippen molar-refractivity contribution in [1.29, 1.82) is 0 Å². The molecule has 0 heterocycles. The number of aliphatic hydroxyl groups is 1. The van der Waals surface area contributed by atoms with Gasteiger partial charge in [0, 0.05) is 18.4 Å². The van der Waals surface area contributed by atoms with Crippen LogP contribution < -0.4 is 14.8 Å². The molecular formula is C21H29NO6S. The van der Waals surface area contributed by atoms with E-state index in [1.54, 1.807) is 20.3 Å². The lowest BCUT2D eigenvalue weighted by Crippen LogP contribution is -2.23. The van der Waals surface area contributed by atoms with E-state index in [-0.39, 0.29) is 17.1 Å². The predicted molar refractivity (Wildman–Crippen MR) is 112 cm³/mol. The Morgan fingerprint density at radius 1 is 1.07 bits per heavy atom. The third-order valence-electron chi connectivity index (χ3n) is 4.51. The van der Waals surface area contributed by atoms with Crippen LogP contribution in [-0.4, -0.2) is 52.2 Å². The molecule has 0 aliphatic heterocycles. The predicted octanol–water partition coefficient (Wildman–Crippen LogP) is 2.21. The Balaban J connectivity index is 1.83. The average Bonchev–Trinajstić information content (AvgIpc) is 2.68. The van der Waals surface area contributed by atoms with Gasteiger partial charge in [0.25, 0.3) is 0 Å². The van der Waals surface area contributed by atoms with E-state index in [2.05, 4.69) is 5.32 Å². The molecule has 0 aliphatic carbocycles. The minimum atomic E-state index is -3.28. The molecule has 1 unspecified atom stereocenters. The maximum atomic E-state index is 11.5. The lowest BCUT2D eigenvalue weighted by atomic mass is 10.1. The van der Waals surface area contributed by atoms with Crippen LogP contribution in [0.5, 0.6) is 17.2 Å². The molecule has 0 aromatic heterocycles. The number of aryl methyl sites for hydroxylation is 1. The Morgan fingerprint density at radius 3 is 2.45 bits per heavy atom. The number of aliphatic hydroxyl groups excluding tert-OH is 1. The number of sulfone groups is 1. The van der Waals surface area contributed by atoms with Crippen molar-refractivity contribution in [1.82, 2.24) is 5.32 Å². The Morgan fingerprint density at radius 2 is 1.79 bits per heavy atom. The largest absolute Gasteiger partial charge is 0.508 e. The first-order chi connectivity index (χ1) is 13.7. The van der Waals surface area contributed by atoms with Crippen LogP contribution in [-0.2, 0) is 22.0 Å². The first-order valence-electron chi connectivity index (χ1n) is 9.32. The van der Waals surface area contributed by atoms with Crippen molar-refractivity contribution in [2.24, 2.45) is 0 Å². The lowest BCUT2D eigenvalue weighted by Gasteiger charge is -2.14. The molecule has 0 bridgehead atoms. The van der Waals surface area contributed by atoms with Crippen LogP contribution in [0.1, 0.15) is 29.2 Å². The topological polar surface area (TPSA) is 105 Å². The van der Waals surface area contributed by atoms with Crippen molar-refractivity contribution in [2.75, 3.05) is 33.6 Å². The molecule has 29 heavy (non-hydrogen) atoms. The van der Waals surface area contributed by atoms with Crippen LogP contribution in [0.3, 0.4) is 0 Å². The maximum Gasteiger partial charge on any atom is 0.160 e. The Hall–Kier alpha value is -2.29. The summed E-state index contributed by atoms with van der Waals surface area (Å²) in [5, 5.41) is 23.4. The number of rotatable bonds is 11. The minimum Gasteiger partial charge on any atom is -0.508 e. The van der Waals surface area contributed by atoms with Crippen LogP contribution in [0.4, 0.5) is 0 Å². The molecule has 0 aliphatic rings. The van der Waals surface area contributed by atoms with Gasteiger partial charge in [0.2, 0.25) is 0 Å². The van der Waals surface area contributed by atoms with E-state index in [1.165, 1.54) is 12.1 Å². The quantitative estimate of drug-likeness (QED) is 0.476. The summed E-state index contributed by atoms with van der Waals surface area (Å²) in [5.74, 6) is 1.04. The fourth-order valence-corrected chi connectivity index (χ4v) is 3.82. The summed E-state index contributed by atoms with van der Waals surface area (Å²) in [5.41, 5.74) is 1.99. The van der Waals surface area contributed by atoms with E-state index >= 15 is 0 Å². The average molecular weight is 424 g/mol. The zero-order valence-corrected chi connectivity index (χ0v) is 17.8. The van der Waals surface area contributed by atoms with Gasteiger partial charge >= 0.3 is 0 Å². The van der Waals surface area contributed by atoms with Crippen LogP contribution in [0.2, 0.25) is 0 Å². The summed E-state index contributed by atoms with van der Waals surface area (Å²) < 4.78 is 33.5. The molecule has 8 heteroatoms. The fraction of sp³-hybridized carbons (Fsp3) is 0.429. The summed E-state index contributed by atoms with van der Waals surface area (Å²) in [4.78, 5) is 0.